The lowest BCUT2D eigenvalue weighted by atomic mass is 10.1. The number of carboxylic acids is 1. The Morgan fingerprint density at radius 3 is 2.69 bits per heavy atom. The van der Waals surface area contributed by atoms with Gasteiger partial charge in [-0.1, -0.05) is 41.9 Å². The number of aromatic nitrogens is 2. The average Bonchev–Trinajstić information content (AvgIpc) is 3.03. The molecule has 2 aromatic heterocycles. The molecule has 1 amide bonds. The van der Waals surface area contributed by atoms with E-state index in [0.29, 0.717) is 16.4 Å². The number of pyridine rings is 1. The number of amides is 1. The van der Waals surface area contributed by atoms with Crippen molar-refractivity contribution in [1.82, 2.24) is 14.7 Å². The van der Waals surface area contributed by atoms with Crippen molar-refractivity contribution >= 4 is 29.3 Å². The van der Waals surface area contributed by atoms with Gasteiger partial charge in [0, 0.05) is 12.4 Å². The molecule has 134 valence electrons. The Kier molecular flexibility index (Phi) is 5.38. The van der Waals surface area contributed by atoms with Crippen molar-refractivity contribution in [3.63, 3.8) is 0 Å². The topological polar surface area (TPSA) is 92.9 Å². The largest absolute Gasteiger partial charge is 0.481 e. The van der Waals surface area contributed by atoms with Crippen LogP contribution in [0.4, 0.5) is 4.79 Å². The summed E-state index contributed by atoms with van der Waals surface area (Å²) in [5, 5.41) is 12.2. The quantitative estimate of drug-likeness (QED) is 0.690. The van der Waals surface area contributed by atoms with Gasteiger partial charge in [-0.3, -0.25) is 4.79 Å². The summed E-state index contributed by atoms with van der Waals surface area (Å²) in [4.78, 5) is 27.6. The second kappa shape index (κ2) is 7.88. The maximum absolute atomic E-state index is 12.1. The van der Waals surface area contributed by atoms with Crippen LogP contribution in [-0.4, -0.2) is 26.6 Å². The highest BCUT2D eigenvalue weighted by Crippen LogP contribution is 2.19. The molecular formula is C18H16ClN3O4. The highest BCUT2D eigenvalue weighted by Gasteiger charge is 2.22. The number of hydrogen-bond acceptors (Lipinski definition) is 4. The van der Waals surface area contributed by atoms with Crippen LogP contribution in [0.5, 0.6) is 0 Å². The molecule has 3 rings (SSSR count). The van der Waals surface area contributed by atoms with E-state index < -0.39 is 18.1 Å². The molecule has 0 aliphatic carbocycles. The van der Waals surface area contributed by atoms with E-state index >= 15 is 0 Å². The number of ether oxygens (including phenoxy) is 1. The molecule has 0 saturated heterocycles. The lowest BCUT2D eigenvalue weighted by Crippen LogP contribution is -2.30. The van der Waals surface area contributed by atoms with E-state index in [1.165, 1.54) is 0 Å². The van der Waals surface area contributed by atoms with Crippen molar-refractivity contribution in [2.45, 2.75) is 19.1 Å². The van der Waals surface area contributed by atoms with Crippen LogP contribution in [0.25, 0.3) is 5.65 Å². The number of rotatable bonds is 6. The van der Waals surface area contributed by atoms with Crippen LogP contribution in [0.1, 0.15) is 23.7 Å². The van der Waals surface area contributed by atoms with Crippen LogP contribution in [0.2, 0.25) is 5.02 Å². The molecule has 2 heterocycles. The molecule has 2 N–H and O–H groups in total. The molecule has 0 aliphatic rings. The van der Waals surface area contributed by atoms with Gasteiger partial charge in [0.25, 0.3) is 0 Å². The van der Waals surface area contributed by atoms with Crippen molar-refractivity contribution in [2.24, 2.45) is 0 Å². The van der Waals surface area contributed by atoms with Crippen molar-refractivity contribution in [3.05, 3.63) is 71.1 Å². The zero-order valence-electron chi connectivity index (χ0n) is 13.6. The number of carboxylic acid groups (broad SMARTS) is 1. The molecule has 3 aromatic rings. The number of alkyl carbamates (subject to hydrolysis) is 1. The first-order valence-electron chi connectivity index (χ1n) is 7.84. The third-order valence-electron chi connectivity index (χ3n) is 3.67. The number of imidazole rings is 1. The SMILES string of the molecule is O=C(O)C[C@H](NC(=O)OCc1ccccc1)c1cn2cc(Cl)ccc2n1. The fourth-order valence-corrected chi connectivity index (χ4v) is 2.63. The third kappa shape index (κ3) is 4.52. The molecule has 7 nitrogen and oxygen atoms in total. The smallest absolute Gasteiger partial charge is 0.408 e. The Morgan fingerprint density at radius 1 is 1.19 bits per heavy atom. The van der Waals surface area contributed by atoms with E-state index in [-0.39, 0.29) is 13.0 Å². The highest BCUT2D eigenvalue weighted by atomic mass is 35.5. The van der Waals surface area contributed by atoms with E-state index in [2.05, 4.69) is 10.3 Å². The summed E-state index contributed by atoms with van der Waals surface area (Å²) in [6.07, 6.45) is 2.25. The molecule has 8 heteroatoms. The Labute approximate surface area is 154 Å². The monoisotopic (exact) mass is 373 g/mol. The summed E-state index contributed by atoms with van der Waals surface area (Å²) in [6, 6.07) is 11.8. The summed E-state index contributed by atoms with van der Waals surface area (Å²) >= 11 is 5.94. The first kappa shape index (κ1) is 17.8. The normalized spacial score (nSPS) is 11.9. The minimum absolute atomic E-state index is 0.0905. The summed E-state index contributed by atoms with van der Waals surface area (Å²) in [5.41, 5.74) is 1.84. The zero-order valence-corrected chi connectivity index (χ0v) is 14.4. The van der Waals surface area contributed by atoms with E-state index in [0.717, 1.165) is 5.56 Å². The maximum Gasteiger partial charge on any atom is 0.408 e. The second-order valence-electron chi connectivity index (χ2n) is 5.64. The predicted molar refractivity (Wildman–Crippen MR) is 95.0 cm³/mol. The number of hydrogen-bond donors (Lipinski definition) is 2. The lowest BCUT2D eigenvalue weighted by molar-refractivity contribution is -0.137. The fraction of sp³-hybridized carbons (Fsp3) is 0.167. The maximum atomic E-state index is 12.1. The minimum Gasteiger partial charge on any atom is -0.481 e. The van der Waals surface area contributed by atoms with Gasteiger partial charge in [-0.2, -0.15) is 0 Å². The Morgan fingerprint density at radius 2 is 1.96 bits per heavy atom. The number of benzene rings is 1. The molecule has 0 radical (unpaired) electrons. The summed E-state index contributed by atoms with van der Waals surface area (Å²) < 4.78 is 6.83. The van der Waals surface area contributed by atoms with Crippen LogP contribution in [0, 0.1) is 0 Å². The molecule has 0 fully saturated rings. The summed E-state index contributed by atoms with van der Waals surface area (Å²) in [6.45, 7) is 0.0905. The van der Waals surface area contributed by atoms with Crippen LogP contribution in [0.3, 0.4) is 0 Å². The first-order valence-corrected chi connectivity index (χ1v) is 8.22. The van der Waals surface area contributed by atoms with E-state index in [9.17, 15) is 9.59 Å². The number of aliphatic carboxylic acids is 1. The molecule has 0 aliphatic heterocycles. The fourth-order valence-electron chi connectivity index (χ4n) is 2.46. The van der Waals surface area contributed by atoms with Crippen LogP contribution >= 0.6 is 11.6 Å². The molecule has 1 atom stereocenters. The van der Waals surface area contributed by atoms with Crippen molar-refractivity contribution in [1.29, 1.82) is 0 Å². The average molecular weight is 374 g/mol. The Bertz CT molecular complexity index is 927. The Balaban J connectivity index is 1.72. The van der Waals surface area contributed by atoms with Gasteiger partial charge in [-0.15, -0.1) is 0 Å². The van der Waals surface area contributed by atoms with Gasteiger partial charge in [0.2, 0.25) is 0 Å². The van der Waals surface area contributed by atoms with Gasteiger partial charge in [-0.25, -0.2) is 9.78 Å². The number of carbonyl (C=O) groups excluding carboxylic acids is 1. The molecule has 0 saturated carbocycles. The molecule has 26 heavy (non-hydrogen) atoms. The van der Waals surface area contributed by atoms with Crippen molar-refractivity contribution in [3.8, 4) is 0 Å². The van der Waals surface area contributed by atoms with Gasteiger partial charge in [0.15, 0.2) is 0 Å². The van der Waals surface area contributed by atoms with E-state index in [1.54, 1.807) is 28.9 Å². The van der Waals surface area contributed by atoms with Gasteiger partial charge < -0.3 is 19.6 Å². The van der Waals surface area contributed by atoms with Gasteiger partial charge in [-0.05, 0) is 17.7 Å². The van der Waals surface area contributed by atoms with Gasteiger partial charge >= 0.3 is 12.1 Å². The van der Waals surface area contributed by atoms with Gasteiger partial charge in [0.05, 0.1) is 23.2 Å². The van der Waals surface area contributed by atoms with E-state index in [1.807, 2.05) is 30.3 Å². The zero-order chi connectivity index (χ0) is 18.5. The van der Waals surface area contributed by atoms with Crippen molar-refractivity contribution < 1.29 is 19.4 Å². The number of fused-ring (bicyclic) bond motifs is 1. The number of nitrogens with one attached hydrogen (secondary N) is 1. The first-order chi connectivity index (χ1) is 12.5. The number of nitrogens with zero attached hydrogens (tertiary/aromatic N) is 2. The lowest BCUT2D eigenvalue weighted by Gasteiger charge is -2.14. The van der Waals surface area contributed by atoms with E-state index in [4.69, 9.17) is 21.4 Å². The Hall–Kier alpha value is -3.06. The van der Waals surface area contributed by atoms with Crippen LogP contribution in [0.15, 0.2) is 54.9 Å². The van der Waals surface area contributed by atoms with Gasteiger partial charge in [0.1, 0.15) is 12.3 Å². The number of carbonyl (C=O) groups is 2. The molecule has 1 aromatic carbocycles. The molecule has 0 bridgehead atoms. The summed E-state index contributed by atoms with van der Waals surface area (Å²) in [7, 11) is 0. The van der Waals surface area contributed by atoms with Crippen LogP contribution in [-0.2, 0) is 16.1 Å². The number of halogens is 1. The highest BCUT2D eigenvalue weighted by molar-refractivity contribution is 6.30. The third-order valence-corrected chi connectivity index (χ3v) is 3.90. The molecule has 0 spiro atoms. The predicted octanol–water partition coefficient (Wildman–Crippen LogP) is 3.43. The molecule has 0 unspecified atom stereocenters. The van der Waals surface area contributed by atoms with Crippen LogP contribution < -0.4 is 5.32 Å². The second-order valence-corrected chi connectivity index (χ2v) is 6.07. The molecular weight excluding hydrogens is 358 g/mol. The standard InChI is InChI=1S/C18H16ClN3O4/c19-13-6-7-16-20-15(10-22(16)9-13)14(8-17(23)24)21-18(25)26-11-12-4-2-1-3-5-12/h1-7,9-10,14H,8,11H2,(H,21,25)(H,23,24)/t14-/m0/s1. The van der Waals surface area contributed by atoms with Crippen molar-refractivity contribution in [2.75, 3.05) is 0 Å². The summed E-state index contributed by atoms with van der Waals surface area (Å²) in [5.74, 6) is -1.06. The minimum atomic E-state index is -1.06.